The van der Waals surface area contributed by atoms with Crippen LogP contribution in [0.4, 0.5) is 10.5 Å². The van der Waals surface area contributed by atoms with Gasteiger partial charge >= 0.3 is 12.1 Å². The Hall–Kier alpha value is -2.08. The first-order valence-corrected chi connectivity index (χ1v) is 7.22. The molecule has 6 nitrogen and oxygen atoms in total. The number of anilines is 1. The molecule has 0 spiro atoms. The van der Waals surface area contributed by atoms with Crippen molar-refractivity contribution in [3.8, 4) is 0 Å². The highest BCUT2D eigenvalue weighted by atomic mass is 16.6. The number of aliphatic carboxylic acids is 1. The van der Waals surface area contributed by atoms with Crippen molar-refractivity contribution in [3.05, 3.63) is 29.8 Å². The zero-order valence-corrected chi connectivity index (χ0v) is 13.5. The number of carbonyl (C=O) groups excluding carboxylic acids is 1. The SMILES string of the molecule is CC(NCCc1ccc(NC(=O)OC(C)(C)C)cc1)C(=O)O. The molecule has 0 heterocycles. The maximum Gasteiger partial charge on any atom is 0.412 e. The Morgan fingerprint density at radius 1 is 1.23 bits per heavy atom. The lowest BCUT2D eigenvalue weighted by atomic mass is 10.1. The predicted octanol–water partition coefficient (Wildman–Crippen LogP) is 2.64. The monoisotopic (exact) mass is 308 g/mol. The largest absolute Gasteiger partial charge is 0.480 e. The van der Waals surface area contributed by atoms with Crippen LogP contribution in [0.1, 0.15) is 33.3 Å². The van der Waals surface area contributed by atoms with E-state index in [1.165, 1.54) is 0 Å². The Bertz CT molecular complexity index is 506. The zero-order chi connectivity index (χ0) is 16.8. The fourth-order valence-corrected chi connectivity index (χ4v) is 1.70. The zero-order valence-electron chi connectivity index (χ0n) is 13.5. The molecule has 1 aromatic rings. The Kier molecular flexibility index (Phi) is 6.37. The molecule has 0 aliphatic heterocycles. The van der Waals surface area contributed by atoms with Gasteiger partial charge in [0.05, 0.1) is 0 Å². The minimum atomic E-state index is -0.864. The summed E-state index contributed by atoms with van der Waals surface area (Å²) in [6, 6.07) is 6.80. The first kappa shape index (κ1) is 18.0. The average molecular weight is 308 g/mol. The molecule has 1 aromatic carbocycles. The standard InChI is InChI=1S/C16H24N2O4/c1-11(14(19)20)17-10-9-12-5-7-13(8-6-12)18-15(21)22-16(2,3)4/h5-8,11,17H,9-10H2,1-4H3,(H,18,21)(H,19,20). The lowest BCUT2D eigenvalue weighted by molar-refractivity contribution is -0.138. The van der Waals surface area contributed by atoms with Gasteiger partial charge in [0, 0.05) is 5.69 Å². The van der Waals surface area contributed by atoms with Crippen LogP contribution < -0.4 is 10.6 Å². The smallest absolute Gasteiger partial charge is 0.412 e. The van der Waals surface area contributed by atoms with Crippen molar-refractivity contribution in [3.63, 3.8) is 0 Å². The summed E-state index contributed by atoms with van der Waals surface area (Å²) in [6.07, 6.45) is 0.224. The summed E-state index contributed by atoms with van der Waals surface area (Å²) in [7, 11) is 0. The van der Waals surface area contributed by atoms with E-state index in [0.29, 0.717) is 18.7 Å². The van der Waals surface area contributed by atoms with Crippen molar-refractivity contribution in [1.82, 2.24) is 5.32 Å². The maximum absolute atomic E-state index is 11.6. The van der Waals surface area contributed by atoms with E-state index in [4.69, 9.17) is 9.84 Å². The number of nitrogens with one attached hydrogen (secondary N) is 2. The highest BCUT2D eigenvalue weighted by Crippen LogP contribution is 2.13. The lowest BCUT2D eigenvalue weighted by Crippen LogP contribution is -2.34. The van der Waals surface area contributed by atoms with Crippen LogP contribution in [-0.2, 0) is 16.0 Å². The van der Waals surface area contributed by atoms with Crippen LogP contribution in [-0.4, -0.2) is 35.4 Å². The number of hydrogen-bond acceptors (Lipinski definition) is 4. The van der Waals surface area contributed by atoms with Gasteiger partial charge in [0.15, 0.2) is 0 Å². The van der Waals surface area contributed by atoms with Gasteiger partial charge in [0.1, 0.15) is 11.6 Å². The molecule has 1 unspecified atom stereocenters. The van der Waals surface area contributed by atoms with E-state index in [1.807, 2.05) is 12.1 Å². The number of carboxylic acid groups (broad SMARTS) is 1. The number of rotatable bonds is 6. The number of carboxylic acids is 1. The Morgan fingerprint density at radius 2 is 1.82 bits per heavy atom. The van der Waals surface area contributed by atoms with Crippen LogP contribution in [0, 0.1) is 0 Å². The molecular weight excluding hydrogens is 284 g/mol. The Morgan fingerprint density at radius 3 is 2.32 bits per heavy atom. The first-order chi connectivity index (χ1) is 10.2. The third-order valence-electron chi connectivity index (χ3n) is 2.83. The van der Waals surface area contributed by atoms with Crippen molar-refractivity contribution < 1.29 is 19.4 Å². The van der Waals surface area contributed by atoms with E-state index in [0.717, 1.165) is 5.56 Å². The minimum absolute atomic E-state index is 0.489. The Balaban J connectivity index is 2.43. The van der Waals surface area contributed by atoms with Crippen LogP contribution in [0.3, 0.4) is 0 Å². The van der Waals surface area contributed by atoms with Crippen molar-refractivity contribution in [2.75, 3.05) is 11.9 Å². The van der Waals surface area contributed by atoms with Crippen molar-refractivity contribution >= 4 is 17.7 Å². The topological polar surface area (TPSA) is 87.7 Å². The molecule has 0 saturated heterocycles. The first-order valence-electron chi connectivity index (χ1n) is 7.22. The van der Waals surface area contributed by atoms with Crippen LogP contribution in [0.15, 0.2) is 24.3 Å². The number of amides is 1. The molecule has 1 amide bonds. The summed E-state index contributed by atoms with van der Waals surface area (Å²) in [4.78, 5) is 22.3. The van der Waals surface area contributed by atoms with Crippen molar-refractivity contribution in [2.24, 2.45) is 0 Å². The van der Waals surface area contributed by atoms with Crippen molar-refractivity contribution in [1.29, 1.82) is 0 Å². The number of ether oxygens (including phenoxy) is 1. The molecule has 6 heteroatoms. The molecule has 0 bridgehead atoms. The minimum Gasteiger partial charge on any atom is -0.480 e. The molecular formula is C16H24N2O4. The number of hydrogen-bond donors (Lipinski definition) is 3. The van der Waals surface area contributed by atoms with Gasteiger partial charge < -0.3 is 15.2 Å². The third-order valence-corrected chi connectivity index (χ3v) is 2.83. The molecule has 0 aromatic heterocycles. The van der Waals surface area contributed by atoms with E-state index in [1.54, 1.807) is 39.8 Å². The summed E-state index contributed by atoms with van der Waals surface area (Å²) in [5, 5.41) is 14.3. The molecule has 0 aliphatic rings. The van der Waals surface area contributed by atoms with Crippen molar-refractivity contribution in [2.45, 2.75) is 45.8 Å². The molecule has 0 aliphatic carbocycles. The molecule has 0 saturated carbocycles. The molecule has 122 valence electrons. The molecule has 0 fully saturated rings. The quantitative estimate of drug-likeness (QED) is 0.752. The van der Waals surface area contributed by atoms with Gasteiger partial charge in [-0.2, -0.15) is 0 Å². The van der Waals surface area contributed by atoms with E-state index in [-0.39, 0.29) is 0 Å². The molecule has 0 radical (unpaired) electrons. The highest BCUT2D eigenvalue weighted by Gasteiger charge is 2.16. The summed E-state index contributed by atoms with van der Waals surface area (Å²) in [6.45, 7) is 7.60. The number of benzene rings is 1. The van der Waals surface area contributed by atoms with Gasteiger partial charge in [-0.1, -0.05) is 12.1 Å². The molecule has 22 heavy (non-hydrogen) atoms. The summed E-state index contributed by atoms with van der Waals surface area (Å²) < 4.78 is 5.17. The van der Waals surface area contributed by atoms with Gasteiger partial charge in [0.25, 0.3) is 0 Å². The second-order valence-corrected chi connectivity index (χ2v) is 6.09. The molecule has 1 rings (SSSR count). The third kappa shape index (κ3) is 7.08. The van der Waals surface area contributed by atoms with Crippen LogP contribution >= 0.6 is 0 Å². The molecule has 1 atom stereocenters. The second-order valence-electron chi connectivity index (χ2n) is 6.09. The van der Waals surface area contributed by atoms with Crippen LogP contribution in [0.25, 0.3) is 0 Å². The Labute approximate surface area is 130 Å². The van der Waals surface area contributed by atoms with Crippen LogP contribution in [0.5, 0.6) is 0 Å². The lowest BCUT2D eigenvalue weighted by Gasteiger charge is -2.19. The van der Waals surface area contributed by atoms with Crippen LogP contribution in [0.2, 0.25) is 0 Å². The summed E-state index contributed by atoms with van der Waals surface area (Å²) in [5.41, 5.74) is 1.18. The second kappa shape index (κ2) is 7.79. The van der Waals surface area contributed by atoms with Gasteiger partial charge in [-0.05, 0) is 58.4 Å². The van der Waals surface area contributed by atoms with E-state index in [2.05, 4.69) is 10.6 Å². The van der Waals surface area contributed by atoms with Gasteiger partial charge in [0.2, 0.25) is 0 Å². The molecule has 3 N–H and O–H groups in total. The van der Waals surface area contributed by atoms with E-state index >= 15 is 0 Å². The highest BCUT2D eigenvalue weighted by molar-refractivity contribution is 5.84. The normalized spacial score (nSPS) is 12.5. The summed E-state index contributed by atoms with van der Waals surface area (Å²) in [5.74, 6) is -0.864. The fraction of sp³-hybridized carbons (Fsp3) is 0.500. The predicted molar refractivity (Wildman–Crippen MR) is 85.1 cm³/mol. The van der Waals surface area contributed by atoms with Gasteiger partial charge in [-0.15, -0.1) is 0 Å². The number of carbonyl (C=O) groups is 2. The average Bonchev–Trinajstić information content (AvgIpc) is 2.38. The van der Waals surface area contributed by atoms with E-state index < -0.39 is 23.7 Å². The van der Waals surface area contributed by atoms with Gasteiger partial charge in [-0.25, -0.2) is 4.79 Å². The van der Waals surface area contributed by atoms with Gasteiger partial charge in [-0.3, -0.25) is 10.1 Å². The summed E-state index contributed by atoms with van der Waals surface area (Å²) >= 11 is 0. The fourth-order valence-electron chi connectivity index (χ4n) is 1.70. The van der Waals surface area contributed by atoms with E-state index in [9.17, 15) is 9.59 Å². The maximum atomic E-state index is 11.6.